The first kappa shape index (κ1) is 29.1. The normalized spacial score (nSPS) is 13.2. The fourth-order valence-corrected chi connectivity index (χ4v) is 9.30. The number of rotatable bonds is 4. The zero-order valence-corrected chi connectivity index (χ0v) is 28.5. The summed E-state index contributed by atoms with van der Waals surface area (Å²) in [5.74, 6) is 0. The standard InChI is InChI=1S/C51H33N/c1-3-15-34(16-4-1)40-21-11-14-26-50(40)52(37-18-5-2-6-19-37)38-29-30-43-45-31-36-28-27-35-17-7-8-20-39(35)44(36)33-49(45)51(48(43)32-38)46-24-12-9-22-41(46)42-23-10-13-25-47(42)51/h1-33H. The molecule has 242 valence electrons. The third-order valence-electron chi connectivity index (χ3n) is 11.4. The summed E-state index contributed by atoms with van der Waals surface area (Å²) in [5, 5.41) is 5.13. The van der Waals surface area contributed by atoms with Crippen molar-refractivity contribution in [3.05, 3.63) is 222 Å². The number of fused-ring (bicyclic) bond motifs is 13. The predicted octanol–water partition coefficient (Wildman–Crippen LogP) is 13.5. The van der Waals surface area contributed by atoms with Crippen LogP contribution >= 0.6 is 0 Å². The topological polar surface area (TPSA) is 3.24 Å². The van der Waals surface area contributed by atoms with Gasteiger partial charge in [0, 0.05) is 16.9 Å². The van der Waals surface area contributed by atoms with E-state index in [4.69, 9.17) is 0 Å². The van der Waals surface area contributed by atoms with Gasteiger partial charge in [0.05, 0.1) is 11.1 Å². The molecule has 1 spiro atoms. The Morgan fingerprint density at radius 3 is 1.65 bits per heavy atom. The fourth-order valence-electron chi connectivity index (χ4n) is 9.30. The molecule has 0 aromatic heterocycles. The SMILES string of the molecule is c1ccc(-c2ccccc2N(c2ccccc2)c2ccc3c(c2)C2(c4ccccc4-c4ccccc42)c2cc4c(ccc5ccccc54)cc2-3)cc1. The summed E-state index contributed by atoms with van der Waals surface area (Å²) < 4.78 is 0. The molecule has 1 heteroatoms. The largest absolute Gasteiger partial charge is 0.310 e. The number of nitrogens with zero attached hydrogens (tertiary/aromatic N) is 1. The van der Waals surface area contributed by atoms with Crippen molar-refractivity contribution in [3.63, 3.8) is 0 Å². The van der Waals surface area contributed by atoms with Crippen LogP contribution in [0.1, 0.15) is 22.3 Å². The van der Waals surface area contributed by atoms with Crippen LogP contribution in [0.15, 0.2) is 200 Å². The Labute approximate surface area is 303 Å². The summed E-state index contributed by atoms with van der Waals surface area (Å²) in [4.78, 5) is 2.44. The highest BCUT2D eigenvalue weighted by Crippen LogP contribution is 2.64. The number of anilines is 3. The van der Waals surface area contributed by atoms with Gasteiger partial charge in [0.15, 0.2) is 0 Å². The highest BCUT2D eigenvalue weighted by atomic mass is 15.1. The van der Waals surface area contributed by atoms with Crippen LogP contribution in [0.3, 0.4) is 0 Å². The molecule has 11 rings (SSSR count). The Morgan fingerprint density at radius 1 is 0.308 bits per heavy atom. The molecule has 0 saturated heterocycles. The van der Waals surface area contributed by atoms with E-state index in [-0.39, 0.29) is 0 Å². The summed E-state index contributed by atoms with van der Waals surface area (Å²) in [6.07, 6.45) is 0. The van der Waals surface area contributed by atoms with Crippen LogP contribution in [-0.4, -0.2) is 0 Å². The average molecular weight is 660 g/mol. The summed E-state index contributed by atoms with van der Waals surface area (Å²) >= 11 is 0. The molecule has 0 heterocycles. The molecule has 0 unspecified atom stereocenters. The van der Waals surface area contributed by atoms with Crippen molar-refractivity contribution in [2.75, 3.05) is 4.90 Å². The van der Waals surface area contributed by atoms with Gasteiger partial charge in [-0.1, -0.05) is 158 Å². The van der Waals surface area contributed by atoms with Gasteiger partial charge in [-0.05, 0) is 114 Å². The molecule has 0 N–H and O–H groups in total. The van der Waals surface area contributed by atoms with E-state index < -0.39 is 5.41 Å². The molecule has 0 aliphatic heterocycles. The Morgan fingerprint density at radius 2 is 0.885 bits per heavy atom. The molecule has 0 fully saturated rings. The Bertz CT molecular complexity index is 2800. The number of hydrogen-bond acceptors (Lipinski definition) is 1. The number of hydrogen-bond donors (Lipinski definition) is 0. The lowest BCUT2D eigenvalue weighted by molar-refractivity contribution is 0.795. The van der Waals surface area contributed by atoms with Gasteiger partial charge >= 0.3 is 0 Å². The van der Waals surface area contributed by atoms with E-state index in [1.807, 2.05) is 0 Å². The lowest BCUT2D eigenvalue weighted by Gasteiger charge is -2.33. The van der Waals surface area contributed by atoms with E-state index in [2.05, 4.69) is 205 Å². The Balaban J connectivity index is 1.24. The third-order valence-corrected chi connectivity index (χ3v) is 11.4. The maximum absolute atomic E-state index is 2.52. The van der Waals surface area contributed by atoms with Crippen molar-refractivity contribution in [2.45, 2.75) is 5.41 Å². The molecule has 9 aromatic rings. The minimum atomic E-state index is -0.472. The first-order valence-corrected chi connectivity index (χ1v) is 18.1. The van der Waals surface area contributed by atoms with E-state index >= 15 is 0 Å². The van der Waals surface area contributed by atoms with Gasteiger partial charge in [-0.15, -0.1) is 0 Å². The molecule has 0 bridgehead atoms. The number of benzene rings is 9. The molecule has 0 amide bonds. The van der Waals surface area contributed by atoms with Crippen molar-refractivity contribution in [1.82, 2.24) is 0 Å². The lowest BCUT2D eigenvalue weighted by Crippen LogP contribution is -2.26. The van der Waals surface area contributed by atoms with E-state index in [1.165, 1.54) is 77.2 Å². The van der Waals surface area contributed by atoms with Gasteiger partial charge in [0.25, 0.3) is 0 Å². The molecule has 1 nitrogen and oxygen atoms in total. The summed E-state index contributed by atoms with van der Waals surface area (Å²) in [7, 11) is 0. The molecule has 0 atom stereocenters. The maximum Gasteiger partial charge on any atom is 0.0726 e. The summed E-state index contributed by atoms with van der Waals surface area (Å²) in [5.41, 5.74) is 16.0. The van der Waals surface area contributed by atoms with Crippen LogP contribution < -0.4 is 4.90 Å². The average Bonchev–Trinajstić information content (AvgIpc) is 3.67. The minimum absolute atomic E-state index is 0.472. The van der Waals surface area contributed by atoms with E-state index in [0.717, 1.165) is 17.1 Å². The highest BCUT2D eigenvalue weighted by molar-refractivity contribution is 6.11. The number of para-hydroxylation sites is 2. The van der Waals surface area contributed by atoms with Crippen LogP contribution in [0.25, 0.3) is 54.9 Å². The maximum atomic E-state index is 2.52. The second kappa shape index (κ2) is 11.2. The quantitative estimate of drug-likeness (QED) is 0.170. The van der Waals surface area contributed by atoms with Gasteiger partial charge in [-0.2, -0.15) is 0 Å². The molecule has 2 aliphatic carbocycles. The van der Waals surface area contributed by atoms with E-state index in [0.29, 0.717) is 0 Å². The van der Waals surface area contributed by atoms with Gasteiger partial charge in [-0.25, -0.2) is 0 Å². The molecule has 0 radical (unpaired) electrons. The first-order valence-electron chi connectivity index (χ1n) is 18.1. The molecule has 2 aliphatic rings. The second-order valence-electron chi connectivity index (χ2n) is 14.0. The van der Waals surface area contributed by atoms with Gasteiger partial charge in [0.2, 0.25) is 0 Å². The van der Waals surface area contributed by atoms with Crippen LogP contribution in [0, 0.1) is 0 Å². The first-order chi connectivity index (χ1) is 25.8. The smallest absolute Gasteiger partial charge is 0.0726 e. The van der Waals surface area contributed by atoms with Crippen LogP contribution in [0.5, 0.6) is 0 Å². The zero-order valence-electron chi connectivity index (χ0n) is 28.5. The van der Waals surface area contributed by atoms with Gasteiger partial charge < -0.3 is 4.90 Å². The van der Waals surface area contributed by atoms with E-state index in [1.54, 1.807) is 0 Å². The van der Waals surface area contributed by atoms with E-state index in [9.17, 15) is 0 Å². The molecule has 52 heavy (non-hydrogen) atoms. The highest BCUT2D eigenvalue weighted by Gasteiger charge is 2.52. The Kier molecular flexibility index (Phi) is 6.23. The Hall–Kier alpha value is -6.70. The summed E-state index contributed by atoms with van der Waals surface area (Å²) in [6.45, 7) is 0. The van der Waals surface area contributed by atoms with Gasteiger partial charge in [-0.3, -0.25) is 0 Å². The molecule has 0 saturated carbocycles. The molecular formula is C51H33N. The van der Waals surface area contributed by atoms with Crippen molar-refractivity contribution in [3.8, 4) is 33.4 Å². The van der Waals surface area contributed by atoms with Crippen molar-refractivity contribution < 1.29 is 0 Å². The minimum Gasteiger partial charge on any atom is -0.310 e. The lowest BCUT2D eigenvalue weighted by atomic mass is 9.70. The van der Waals surface area contributed by atoms with Crippen molar-refractivity contribution in [1.29, 1.82) is 0 Å². The molecule has 9 aromatic carbocycles. The fraction of sp³-hybridized carbons (Fsp3) is 0.0196. The van der Waals surface area contributed by atoms with Gasteiger partial charge in [0.1, 0.15) is 0 Å². The molecular weight excluding hydrogens is 627 g/mol. The zero-order chi connectivity index (χ0) is 34.2. The van der Waals surface area contributed by atoms with Crippen molar-refractivity contribution >= 4 is 38.6 Å². The van der Waals surface area contributed by atoms with Crippen LogP contribution in [0.2, 0.25) is 0 Å². The van der Waals surface area contributed by atoms with Crippen molar-refractivity contribution in [2.24, 2.45) is 0 Å². The van der Waals surface area contributed by atoms with Crippen LogP contribution in [-0.2, 0) is 5.41 Å². The van der Waals surface area contributed by atoms with Crippen LogP contribution in [0.4, 0.5) is 17.1 Å². The third kappa shape index (κ3) is 3.99. The predicted molar refractivity (Wildman–Crippen MR) is 218 cm³/mol. The monoisotopic (exact) mass is 659 g/mol. The summed E-state index contributed by atoms with van der Waals surface area (Å²) in [6, 6.07) is 74.1. The second-order valence-corrected chi connectivity index (χ2v) is 14.0.